The third-order valence-electron chi connectivity index (χ3n) is 12.4. The highest BCUT2D eigenvalue weighted by Gasteiger charge is 2.34. The Morgan fingerprint density at radius 3 is 1.43 bits per heavy atom. The number of carbonyl (C=O) groups is 3. The van der Waals surface area contributed by atoms with Crippen LogP contribution < -0.4 is 11.1 Å². The Hall–Kier alpha value is -4.10. The van der Waals surface area contributed by atoms with E-state index in [1.165, 1.54) is 35.1 Å². The van der Waals surface area contributed by atoms with Gasteiger partial charge in [-0.15, -0.1) is 4.99 Å². The number of nitrogens with two attached hydrogens (primary N) is 1. The Morgan fingerprint density at radius 1 is 0.672 bits per heavy atom. The van der Waals surface area contributed by atoms with Crippen LogP contribution in [-0.4, -0.2) is 113 Å². The van der Waals surface area contributed by atoms with Crippen molar-refractivity contribution in [2.75, 3.05) is 59.0 Å². The summed E-state index contributed by atoms with van der Waals surface area (Å²) in [6.45, 7) is 19.4. The lowest BCUT2D eigenvalue weighted by molar-refractivity contribution is 0.0137. The second-order valence-electron chi connectivity index (χ2n) is 18.9. The first kappa shape index (κ1) is 47.9. The molecule has 334 valence electrons. The number of nitrogens with zero attached hydrogens (tertiary/aromatic N) is 4. The number of rotatable bonds is 4. The Labute approximate surface area is 374 Å². The fraction of sp³-hybridized carbons (Fsp3) is 0.638. The summed E-state index contributed by atoms with van der Waals surface area (Å²) in [7, 11) is 0. The molecule has 0 bridgehead atoms. The zero-order chi connectivity index (χ0) is 44.2. The van der Waals surface area contributed by atoms with Gasteiger partial charge in [-0.3, -0.25) is 0 Å². The van der Waals surface area contributed by atoms with Gasteiger partial charge in [0, 0.05) is 45.2 Å². The lowest BCUT2D eigenvalue weighted by Gasteiger charge is -2.40. The Kier molecular flexibility index (Phi) is 17.5. The van der Waals surface area contributed by atoms with Gasteiger partial charge >= 0.3 is 18.3 Å². The van der Waals surface area contributed by atoms with Crippen molar-refractivity contribution < 1.29 is 28.6 Å². The fourth-order valence-corrected chi connectivity index (χ4v) is 9.59. The summed E-state index contributed by atoms with van der Waals surface area (Å²) in [6, 6.07) is 16.3. The molecule has 5 aliphatic rings. The number of likely N-dealkylation sites (tertiary alicyclic amines) is 3. The predicted octanol–water partition coefficient (Wildman–Crippen LogP) is 9.26. The zero-order valence-corrected chi connectivity index (χ0v) is 38.8. The van der Waals surface area contributed by atoms with Gasteiger partial charge in [0.05, 0.1) is 5.16 Å². The first-order valence-electron chi connectivity index (χ1n) is 22.2. The lowest BCUT2D eigenvalue weighted by Crippen LogP contribution is -2.46. The summed E-state index contributed by atoms with van der Waals surface area (Å²) >= 11 is 9.43. The van der Waals surface area contributed by atoms with Gasteiger partial charge in [0.1, 0.15) is 17.8 Å². The average molecular weight is 877 g/mol. The van der Waals surface area contributed by atoms with Crippen LogP contribution in [0.2, 0.25) is 0 Å². The summed E-state index contributed by atoms with van der Waals surface area (Å²) in [6.07, 6.45) is 8.37. The normalized spacial score (nSPS) is 19.1. The average Bonchev–Trinajstić information content (AvgIpc) is 3.56. The minimum absolute atomic E-state index is 0.0478. The maximum atomic E-state index is 12.1. The minimum atomic E-state index is -0.693. The molecule has 3 N–H and O–H groups in total. The molecule has 0 atom stereocenters. The van der Waals surface area contributed by atoms with Crippen LogP contribution in [0.3, 0.4) is 0 Å². The van der Waals surface area contributed by atoms with Gasteiger partial charge in [0.15, 0.2) is 5.11 Å². The highest BCUT2D eigenvalue weighted by molar-refractivity contribution is 7.80. The molecule has 0 radical (unpaired) electrons. The van der Waals surface area contributed by atoms with Crippen LogP contribution in [0.1, 0.15) is 110 Å². The molecular formula is C47H68N6O6S2. The Morgan fingerprint density at radius 2 is 1.05 bits per heavy atom. The molecule has 0 spiro atoms. The monoisotopic (exact) mass is 876 g/mol. The molecule has 3 amide bonds. The quantitative estimate of drug-likeness (QED) is 0.173. The van der Waals surface area contributed by atoms with Crippen LogP contribution in [0.15, 0.2) is 53.5 Å². The lowest BCUT2D eigenvalue weighted by atomic mass is 9.79. The van der Waals surface area contributed by atoms with Crippen molar-refractivity contribution in [2.24, 2.45) is 34.4 Å². The van der Waals surface area contributed by atoms with Crippen LogP contribution in [0.4, 0.5) is 14.4 Å². The van der Waals surface area contributed by atoms with E-state index in [1.54, 1.807) is 0 Å². The van der Waals surface area contributed by atoms with Gasteiger partial charge in [-0.1, -0.05) is 48.5 Å². The van der Waals surface area contributed by atoms with Gasteiger partial charge in [0.25, 0.3) is 0 Å². The van der Waals surface area contributed by atoms with E-state index in [0.717, 1.165) is 109 Å². The van der Waals surface area contributed by atoms with Gasteiger partial charge in [-0.2, -0.15) is 0 Å². The third kappa shape index (κ3) is 14.5. The van der Waals surface area contributed by atoms with Gasteiger partial charge in [-0.25, -0.2) is 14.4 Å². The Balaban J connectivity index is 0.000000174. The molecule has 14 heteroatoms. The first-order chi connectivity index (χ1) is 29.0. The van der Waals surface area contributed by atoms with E-state index < -0.39 is 11.7 Å². The van der Waals surface area contributed by atoms with Crippen molar-refractivity contribution in [1.29, 1.82) is 0 Å². The van der Waals surface area contributed by atoms with E-state index in [4.69, 9.17) is 32.2 Å². The largest absolute Gasteiger partial charge is 0.446 e. The molecule has 0 saturated carbocycles. The maximum absolute atomic E-state index is 12.1. The molecule has 4 saturated heterocycles. The van der Waals surface area contributed by atoms with E-state index in [1.807, 2.05) is 80.8 Å². The van der Waals surface area contributed by atoms with Crippen molar-refractivity contribution in [1.82, 2.24) is 20.0 Å². The van der Waals surface area contributed by atoms with Crippen molar-refractivity contribution in [3.8, 4) is 11.1 Å². The Bertz CT molecular complexity index is 1780. The van der Waals surface area contributed by atoms with E-state index in [2.05, 4.69) is 51.7 Å². The van der Waals surface area contributed by atoms with Crippen molar-refractivity contribution in [3.63, 3.8) is 0 Å². The molecular weight excluding hydrogens is 809 g/mol. The number of isothiocyanates is 1. The molecule has 12 nitrogen and oxygen atoms in total. The predicted molar refractivity (Wildman–Crippen MR) is 248 cm³/mol. The van der Waals surface area contributed by atoms with Gasteiger partial charge < -0.3 is 40.0 Å². The molecule has 0 aromatic heterocycles. The maximum Gasteiger partial charge on any atom is 0.442 e. The molecule has 2 aromatic carbocycles. The fourth-order valence-electron chi connectivity index (χ4n) is 9.33. The number of aliphatic imine (C=N–C) groups is 1. The van der Waals surface area contributed by atoms with Gasteiger partial charge in [0.2, 0.25) is 0 Å². The third-order valence-corrected chi connectivity index (χ3v) is 12.8. The highest BCUT2D eigenvalue weighted by atomic mass is 32.1. The van der Waals surface area contributed by atoms with Crippen LogP contribution in [0.25, 0.3) is 11.1 Å². The van der Waals surface area contributed by atoms with E-state index >= 15 is 0 Å². The smallest absolute Gasteiger partial charge is 0.442 e. The molecule has 4 heterocycles. The summed E-state index contributed by atoms with van der Waals surface area (Å²) in [5, 5.41) is 5.96. The van der Waals surface area contributed by atoms with Crippen LogP contribution in [0, 0.1) is 23.7 Å². The zero-order valence-electron chi connectivity index (χ0n) is 37.2. The van der Waals surface area contributed by atoms with Crippen LogP contribution >= 0.6 is 24.4 Å². The number of hydrogen-bond acceptors (Lipinski definition) is 9. The number of ether oxygens (including phenoxy) is 3. The topological polar surface area (TPSA) is 139 Å². The summed E-state index contributed by atoms with van der Waals surface area (Å²) in [4.78, 5) is 44.5. The number of hydrogen-bond donors (Lipinski definition) is 2. The van der Waals surface area contributed by atoms with Crippen molar-refractivity contribution in [3.05, 3.63) is 59.7 Å². The number of fused-ring (bicyclic) bond motifs is 3. The molecule has 61 heavy (non-hydrogen) atoms. The summed E-state index contributed by atoms with van der Waals surface area (Å²) in [5.41, 5.74) is 9.63. The molecule has 2 aromatic rings. The molecule has 1 aliphatic carbocycles. The van der Waals surface area contributed by atoms with Crippen LogP contribution in [-0.2, 0) is 14.2 Å². The summed E-state index contributed by atoms with van der Waals surface area (Å²) < 4.78 is 16.0. The number of amides is 3. The molecule has 4 aliphatic heterocycles. The second-order valence-corrected chi connectivity index (χ2v) is 19.5. The van der Waals surface area contributed by atoms with Crippen LogP contribution in [0.5, 0.6) is 0 Å². The molecule has 0 unspecified atom stereocenters. The van der Waals surface area contributed by atoms with E-state index in [0.29, 0.717) is 11.0 Å². The number of carbonyl (C=O) groups excluding carboxylic acids is 3. The highest BCUT2D eigenvalue weighted by Crippen LogP contribution is 2.44. The molecule has 7 rings (SSSR count). The number of benzene rings is 2. The van der Waals surface area contributed by atoms with E-state index in [-0.39, 0.29) is 30.3 Å². The van der Waals surface area contributed by atoms with Crippen molar-refractivity contribution >= 4 is 53.0 Å². The molecule has 4 fully saturated rings. The standard InChI is InChI=1S/C16H29N3O2S.C16H11NO2S.C15H28N2O2/c1-16(2,3)21-15(20)19-10-6-13(7-11-19)12-4-8-18(9-5-12)14(17)22;18-16(17-10-20)19-9-15-13-7-3-1-5-11(13)12-6-2-4-8-14(12)15;1-15(2,3)19-14(18)17-10-6-13(7-11-17)12-4-8-16-9-5-12/h12-13H,4-11H2,1-3H3,(H2,17,22);1-8,15H,9H2;12-13,16H,4-11H2,1-3H3. The minimum Gasteiger partial charge on any atom is -0.446 e. The number of nitrogens with one attached hydrogen (secondary N) is 1. The number of piperidine rings is 4. The van der Waals surface area contributed by atoms with Gasteiger partial charge in [-0.05, 0) is 176 Å². The first-order valence-corrected chi connectivity index (χ1v) is 23.0. The van der Waals surface area contributed by atoms with Crippen molar-refractivity contribution in [2.45, 2.75) is 110 Å². The summed E-state index contributed by atoms with van der Waals surface area (Å²) in [5.74, 6) is 3.17. The second kappa shape index (κ2) is 22.3. The SMILES string of the molecule is CC(C)(C)OC(=O)N1CCC(C2CCN(C(N)=S)CC2)CC1.CC(C)(C)OC(=O)N1CCC(C2CCNCC2)CC1.O=C(N=C=S)OCC1c2ccccc2-c2ccccc21. The van der Waals surface area contributed by atoms with E-state index in [9.17, 15) is 14.4 Å². The number of thiocarbonyl (C=S) groups is 2.